The van der Waals surface area contributed by atoms with Crippen LogP contribution in [0.3, 0.4) is 0 Å². The molecule has 0 saturated heterocycles. The zero-order valence-corrected chi connectivity index (χ0v) is 10.2. The molecule has 1 saturated carbocycles. The fourth-order valence-electron chi connectivity index (χ4n) is 2.34. The van der Waals surface area contributed by atoms with Crippen LogP contribution in [0.4, 0.5) is 0 Å². The molecule has 4 heteroatoms. The van der Waals surface area contributed by atoms with Crippen molar-refractivity contribution in [2.45, 2.75) is 38.5 Å². The summed E-state index contributed by atoms with van der Waals surface area (Å²) in [5.41, 5.74) is 0.455. The maximum atomic E-state index is 12.0. The lowest BCUT2D eigenvalue weighted by Crippen LogP contribution is -2.13. The van der Waals surface area contributed by atoms with Crippen LogP contribution in [0.1, 0.15) is 49.0 Å². The Bertz CT molecular complexity index is 370. The first-order valence-electron chi connectivity index (χ1n) is 6.20. The van der Waals surface area contributed by atoms with E-state index in [1.807, 2.05) is 0 Å². The summed E-state index contributed by atoms with van der Waals surface area (Å²) in [6.45, 7) is 0. The van der Waals surface area contributed by atoms with Crippen molar-refractivity contribution in [1.82, 2.24) is 10.2 Å². The minimum Gasteiger partial charge on any atom is -0.480 e. The molecule has 92 valence electrons. The number of ketones is 1. The molecule has 0 aliphatic heterocycles. The second-order valence-corrected chi connectivity index (χ2v) is 4.59. The summed E-state index contributed by atoms with van der Waals surface area (Å²) in [5.74, 6) is 1.09. The second kappa shape index (κ2) is 5.75. The van der Waals surface area contributed by atoms with Crippen LogP contribution in [0, 0.1) is 5.92 Å². The van der Waals surface area contributed by atoms with Gasteiger partial charge >= 0.3 is 0 Å². The van der Waals surface area contributed by atoms with Crippen molar-refractivity contribution >= 4 is 5.78 Å². The van der Waals surface area contributed by atoms with Gasteiger partial charge in [-0.25, -0.2) is 0 Å². The van der Waals surface area contributed by atoms with Crippen LogP contribution in [-0.2, 0) is 0 Å². The Labute approximate surface area is 101 Å². The summed E-state index contributed by atoms with van der Waals surface area (Å²) in [4.78, 5) is 12.0. The molecule has 0 atom stereocenters. The molecule has 1 aliphatic carbocycles. The van der Waals surface area contributed by atoms with Gasteiger partial charge in [0.1, 0.15) is 5.69 Å². The molecule has 1 aromatic rings. The van der Waals surface area contributed by atoms with Crippen molar-refractivity contribution in [2.75, 3.05) is 7.11 Å². The van der Waals surface area contributed by atoms with E-state index in [1.54, 1.807) is 12.1 Å². The number of rotatable bonds is 4. The van der Waals surface area contributed by atoms with Crippen molar-refractivity contribution in [3.8, 4) is 5.88 Å². The fourth-order valence-corrected chi connectivity index (χ4v) is 2.34. The highest BCUT2D eigenvalue weighted by Gasteiger charge is 2.18. The highest BCUT2D eigenvalue weighted by atomic mass is 16.5. The number of carbonyl (C=O) groups is 1. The first-order valence-corrected chi connectivity index (χ1v) is 6.20. The quantitative estimate of drug-likeness (QED) is 0.751. The van der Waals surface area contributed by atoms with E-state index in [4.69, 9.17) is 4.74 Å². The van der Waals surface area contributed by atoms with E-state index >= 15 is 0 Å². The van der Waals surface area contributed by atoms with Crippen LogP contribution < -0.4 is 4.74 Å². The van der Waals surface area contributed by atoms with Crippen LogP contribution in [0.25, 0.3) is 0 Å². The number of hydrogen-bond donors (Lipinski definition) is 0. The zero-order valence-electron chi connectivity index (χ0n) is 10.2. The van der Waals surface area contributed by atoms with E-state index < -0.39 is 0 Å². The van der Waals surface area contributed by atoms with E-state index in [0.29, 0.717) is 23.9 Å². The maximum absolute atomic E-state index is 12.0. The van der Waals surface area contributed by atoms with Gasteiger partial charge in [0.15, 0.2) is 5.78 Å². The molecule has 1 fully saturated rings. The van der Waals surface area contributed by atoms with E-state index in [9.17, 15) is 4.79 Å². The summed E-state index contributed by atoms with van der Waals surface area (Å²) in [6, 6.07) is 3.37. The second-order valence-electron chi connectivity index (χ2n) is 4.59. The summed E-state index contributed by atoms with van der Waals surface area (Å²) in [5, 5.41) is 7.71. The molecular weight excluding hydrogens is 216 g/mol. The number of nitrogens with zero attached hydrogens (tertiary/aromatic N) is 2. The van der Waals surface area contributed by atoms with Gasteiger partial charge in [0.2, 0.25) is 5.88 Å². The fraction of sp³-hybridized carbons (Fsp3) is 0.615. The molecule has 1 heterocycles. The Hall–Kier alpha value is -1.45. The standard InChI is InChI=1S/C13H18N2O2/c1-17-13-8-7-11(14-15-13)12(16)9-10-5-3-2-4-6-10/h7-8,10H,2-6,9H2,1H3. The number of carbonyl (C=O) groups excluding carboxylic acids is 1. The Balaban J connectivity index is 1.93. The van der Waals surface area contributed by atoms with Gasteiger partial charge in [0.05, 0.1) is 7.11 Å². The maximum Gasteiger partial charge on any atom is 0.233 e. The third kappa shape index (κ3) is 3.25. The van der Waals surface area contributed by atoms with Crippen LogP contribution in [0.2, 0.25) is 0 Å². The average molecular weight is 234 g/mol. The average Bonchev–Trinajstić information content (AvgIpc) is 2.40. The normalized spacial score (nSPS) is 16.8. The molecule has 4 nitrogen and oxygen atoms in total. The highest BCUT2D eigenvalue weighted by Crippen LogP contribution is 2.27. The smallest absolute Gasteiger partial charge is 0.233 e. The predicted molar refractivity (Wildman–Crippen MR) is 64.1 cm³/mol. The molecule has 2 rings (SSSR count). The number of hydrogen-bond acceptors (Lipinski definition) is 4. The topological polar surface area (TPSA) is 52.1 Å². The lowest BCUT2D eigenvalue weighted by atomic mass is 9.85. The lowest BCUT2D eigenvalue weighted by molar-refractivity contribution is 0.0944. The number of methoxy groups -OCH3 is 1. The summed E-state index contributed by atoms with van der Waals surface area (Å²) in [7, 11) is 1.54. The molecule has 0 amide bonds. The zero-order chi connectivity index (χ0) is 12.1. The largest absolute Gasteiger partial charge is 0.480 e. The van der Waals surface area contributed by atoms with E-state index in [0.717, 1.165) is 0 Å². The van der Waals surface area contributed by atoms with Gasteiger partial charge in [-0.05, 0) is 12.0 Å². The van der Waals surface area contributed by atoms with Crippen LogP contribution in [0.15, 0.2) is 12.1 Å². The number of aromatic nitrogens is 2. The van der Waals surface area contributed by atoms with Crippen LogP contribution in [-0.4, -0.2) is 23.1 Å². The molecule has 0 bridgehead atoms. The minimum atomic E-state index is 0.104. The Morgan fingerprint density at radius 2 is 2.06 bits per heavy atom. The van der Waals surface area contributed by atoms with Gasteiger partial charge in [0, 0.05) is 12.5 Å². The SMILES string of the molecule is COc1ccc(C(=O)CC2CCCCC2)nn1. The van der Waals surface area contributed by atoms with E-state index in [1.165, 1.54) is 39.2 Å². The van der Waals surface area contributed by atoms with Gasteiger partial charge in [-0.1, -0.05) is 32.1 Å². The van der Waals surface area contributed by atoms with Gasteiger partial charge in [-0.2, -0.15) is 0 Å². The Morgan fingerprint density at radius 3 is 2.65 bits per heavy atom. The summed E-state index contributed by atoms with van der Waals surface area (Å²) >= 11 is 0. The molecular formula is C13H18N2O2. The highest BCUT2D eigenvalue weighted by molar-refractivity contribution is 5.94. The van der Waals surface area contributed by atoms with Crippen LogP contribution >= 0.6 is 0 Å². The summed E-state index contributed by atoms with van der Waals surface area (Å²) in [6.07, 6.45) is 6.79. The van der Waals surface area contributed by atoms with Crippen molar-refractivity contribution in [3.05, 3.63) is 17.8 Å². The molecule has 0 N–H and O–H groups in total. The van der Waals surface area contributed by atoms with Crippen molar-refractivity contribution in [1.29, 1.82) is 0 Å². The lowest BCUT2D eigenvalue weighted by Gasteiger charge is -2.20. The Kier molecular flexibility index (Phi) is 4.07. The first-order chi connectivity index (χ1) is 8.29. The molecule has 0 radical (unpaired) electrons. The molecule has 0 aromatic carbocycles. The first kappa shape index (κ1) is 12.0. The monoisotopic (exact) mass is 234 g/mol. The Morgan fingerprint density at radius 1 is 1.29 bits per heavy atom. The number of ether oxygens (including phenoxy) is 1. The number of Topliss-reactive ketones (excluding diaryl/α,β-unsaturated/α-hetero) is 1. The van der Waals surface area contributed by atoms with Gasteiger partial charge in [-0.3, -0.25) is 4.79 Å². The predicted octanol–water partition coefficient (Wildman–Crippen LogP) is 2.64. The van der Waals surface area contributed by atoms with Gasteiger partial charge < -0.3 is 4.74 Å². The molecule has 0 unspecified atom stereocenters. The molecule has 17 heavy (non-hydrogen) atoms. The van der Waals surface area contributed by atoms with Crippen molar-refractivity contribution < 1.29 is 9.53 Å². The van der Waals surface area contributed by atoms with Gasteiger partial charge in [-0.15, -0.1) is 10.2 Å². The third-order valence-electron chi connectivity index (χ3n) is 3.33. The summed E-state index contributed by atoms with van der Waals surface area (Å²) < 4.78 is 4.91. The molecule has 0 spiro atoms. The minimum absolute atomic E-state index is 0.104. The van der Waals surface area contributed by atoms with E-state index in [2.05, 4.69) is 10.2 Å². The van der Waals surface area contributed by atoms with Gasteiger partial charge in [0.25, 0.3) is 0 Å². The van der Waals surface area contributed by atoms with E-state index in [-0.39, 0.29) is 5.78 Å². The van der Waals surface area contributed by atoms with Crippen molar-refractivity contribution in [2.24, 2.45) is 5.92 Å². The van der Waals surface area contributed by atoms with Crippen LogP contribution in [0.5, 0.6) is 5.88 Å². The third-order valence-corrected chi connectivity index (χ3v) is 3.33. The molecule has 1 aliphatic rings. The molecule has 1 aromatic heterocycles. The van der Waals surface area contributed by atoms with Crippen molar-refractivity contribution in [3.63, 3.8) is 0 Å².